The highest BCUT2D eigenvalue weighted by molar-refractivity contribution is 9.10. The fourth-order valence-electron chi connectivity index (χ4n) is 5.40. The third kappa shape index (κ3) is 4.69. The molecule has 2 N–H and O–H groups in total. The number of carboxylic acids is 1. The third-order valence-corrected chi connectivity index (χ3v) is 7.65. The minimum Gasteiger partial charge on any atom is -0.493 e. The number of anilines is 1. The van der Waals surface area contributed by atoms with Crippen LogP contribution in [-0.2, 0) is 0 Å². The van der Waals surface area contributed by atoms with Crippen LogP contribution in [0.3, 0.4) is 0 Å². The topological polar surface area (TPSA) is 67.8 Å². The molecule has 3 atom stereocenters. The Morgan fingerprint density at radius 3 is 2.14 bits per heavy atom. The summed E-state index contributed by atoms with van der Waals surface area (Å²) < 4.78 is 11.8. The highest BCUT2D eigenvalue weighted by Crippen LogP contribution is 2.50. The van der Waals surface area contributed by atoms with Crippen molar-refractivity contribution in [3.8, 4) is 22.6 Å². The number of nitrogens with one attached hydrogen (secondary N) is 1. The first-order valence-electron chi connectivity index (χ1n) is 12.1. The minimum absolute atomic E-state index is 0.0783. The van der Waals surface area contributed by atoms with Crippen LogP contribution in [0.5, 0.6) is 11.5 Å². The Morgan fingerprint density at radius 1 is 0.838 bits per heavy atom. The molecule has 6 heteroatoms. The summed E-state index contributed by atoms with van der Waals surface area (Å²) in [6.07, 6.45) is 0. The van der Waals surface area contributed by atoms with Crippen molar-refractivity contribution in [3.05, 3.63) is 112 Å². The molecule has 0 fully saturated rings. The Balaban J connectivity index is 1.63. The number of hydrogen-bond donors (Lipinski definition) is 2. The van der Waals surface area contributed by atoms with Gasteiger partial charge in [-0.15, -0.1) is 0 Å². The molecule has 0 radical (unpaired) electrons. The van der Waals surface area contributed by atoms with Crippen LogP contribution >= 0.6 is 15.9 Å². The Kier molecular flexibility index (Phi) is 6.94. The number of halogens is 1. The first-order valence-corrected chi connectivity index (χ1v) is 12.9. The number of ether oxygens (including phenoxy) is 2. The number of rotatable bonds is 6. The van der Waals surface area contributed by atoms with Crippen molar-refractivity contribution in [3.63, 3.8) is 0 Å². The van der Waals surface area contributed by atoms with Gasteiger partial charge in [-0.1, -0.05) is 83.5 Å². The lowest BCUT2D eigenvalue weighted by atomic mass is 9.72. The van der Waals surface area contributed by atoms with Crippen molar-refractivity contribution in [2.75, 3.05) is 19.5 Å². The Labute approximate surface area is 225 Å². The van der Waals surface area contributed by atoms with Gasteiger partial charge in [0.1, 0.15) is 0 Å². The predicted octanol–water partition coefficient (Wildman–Crippen LogP) is 7.77. The van der Waals surface area contributed by atoms with E-state index in [2.05, 4.69) is 64.6 Å². The Hall–Kier alpha value is -3.77. The van der Waals surface area contributed by atoms with Crippen LogP contribution < -0.4 is 14.8 Å². The highest BCUT2D eigenvalue weighted by Gasteiger charge is 2.38. The maximum atomic E-state index is 12.3. The fourth-order valence-corrected chi connectivity index (χ4v) is 5.87. The normalized spacial score (nSPS) is 18.4. The molecule has 0 spiro atoms. The third-order valence-electron chi connectivity index (χ3n) is 7.19. The summed E-state index contributed by atoms with van der Waals surface area (Å²) in [6.45, 7) is 2.20. The Bertz CT molecular complexity index is 1440. The van der Waals surface area contributed by atoms with Crippen LogP contribution in [0.4, 0.5) is 5.69 Å². The van der Waals surface area contributed by atoms with Gasteiger partial charge in [0.25, 0.3) is 0 Å². The molecular formula is C31H28BrNO4. The zero-order valence-electron chi connectivity index (χ0n) is 20.9. The molecule has 0 saturated heterocycles. The number of hydrogen-bond acceptors (Lipinski definition) is 4. The minimum atomic E-state index is -0.969. The van der Waals surface area contributed by atoms with Crippen molar-refractivity contribution in [2.45, 2.75) is 18.9 Å². The van der Waals surface area contributed by atoms with Crippen molar-refractivity contribution >= 4 is 27.6 Å². The summed E-state index contributed by atoms with van der Waals surface area (Å²) in [5, 5.41) is 13.7. The molecule has 5 rings (SSSR count). The van der Waals surface area contributed by atoms with Crippen LogP contribution in [0.25, 0.3) is 11.1 Å². The maximum Gasteiger partial charge on any atom is 0.337 e. The average molecular weight is 558 g/mol. The number of methoxy groups -OCH3 is 2. The number of benzene rings is 4. The predicted molar refractivity (Wildman–Crippen MR) is 150 cm³/mol. The van der Waals surface area contributed by atoms with E-state index in [1.807, 2.05) is 42.5 Å². The molecule has 0 amide bonds. The lowest BCUT2D eigenvalue weighted by Crippen LogP contribution is -2.32. The molecule has 0 aliphatic carbocycles. The van der Waals surface area contributed by atoms with E-state index in [0.717, 1.165) is 32.3 Å². The van der Waals surface area contributed by atoms with Crippen molar-refractivity contribution < 1.29 is 19.4 Å². The number of carbonyl (C=O) groups is 1. The quantitative estimate of drug-likeness (QED) is 0.253. The van der Waals surface area contributed by atoms with E-state index in [0.29, 0.717) is 17.2 Å². The van der Waals surface area contributed by atoms with Crippen LogP contribution in [0.2, 0.25) is 0 Å². The molecule has 188 valence electrons. The highest BCUT2D eigenvalue weighted by atomic mass is 79.9. The molecular weight excluding hydrogens is 530 g/mol. The van der Waals surface area contributed by atoms with E-state index in [4.69, 9.17) is 9.47 Å². The van der Waals surface area contributed by atoms with Crippen molar-refractivity contribution in [1.82, 2.24) is 0 Å². The second-order valence-electron chi connectivity index (χ2n) is 9.28. The van der Waals surface area contributed by atoms with Gasteiger partial charge in [-0.3, -0.25) is 0 Å². The molecule has 1 heterocycles. The van der Waals surface area contributed by atoms with Crippen LogP contribution in [-0.4, -0.2) is 25.3 Å². The van der Waals surface area contributed by atoms with Gasteiger partial charge in [-0.05, 0) is 58.0 Å². The molecule has 4 aromatic rings. The summed E-state index contributed by atoms with van der Waals surface area (Å²) in [5.41, 5.74) is 6.25. The van der Waals surface area contributed by atoms with E-state index in [1.165, 1.54) is 0 Å². The molecule has 5 nitrogen and oxygen atoms in total. The molecule has 0 bridgehead atoms. The van der Waals surface area contributed by atoms with E-state index in [1.54, 1.807) is 20.3 Å². The van der Waals surface area contributed by atoms with Gasteiger partial charge in [0, 0.05) is 10.4 Å². The van der Waals surface area contributed by atoms with Crippen LogP contribution in [0.15, 0.2) is 89.4 Å². The molecule has 4 aromatic carbocycles. The second kappa shape index (κ2) is 10.3. The van der Waals surface area contributed by atoms with E-state index in [9.17, 15) is 9.90 Å². The standard InChI is InChI=1S/C31H28BrNO4/c1-18-28(22-13-14-26(36-2)27(15-22)37-3)24-16-23(32)17-25(31(34)35)30(24)33-29(18)21-11-9-20(10-12-21)19-7-5-4-6-8-19/h4-18,28-29,33H,1-3H3,(H,34,35)/t18-,28+,29-/m0/s1. The van der Waals surface area contributed by atoms with Gasteiger partial charge in [0.2, 0.25) is 0 Å². The summed E-state index contributed by atoms with van der Waals surface area (Å²) in [7, 11) is 3.24. The van der Waals surface area contributed by atoms with E-state index in [-0.39, 0.29) is 23.4 Å². The first-order chi connectivity index (χ1) is 17.9. The summed E-state index contributed by atoms with van der Waals surface area (Å²) in [4.78, 5) is 12.3. The van der Waals surface area contributed by atoms with Crippen molar-refractivity contribution in [2.24, 2.45) is 5.92 Å². The fraction of sp³-hybridized carbons (Fsp3) is 0.194. The zero-order chi connectivity index (χ0) is 26.1. The van der Waals surface area contributed by atoms with E-state index < -0.39 is 5.97 Å². The average Bonchev–Trinajstić information content (AvgIpc) is 2.92. The SMILES string of the molecule is COc1ccc([C@@H]2c3cc(Br)cc(C(=O)O)c3N[C@H](c3ccc(-c4ccccc4)cc3)[C@H]2C)cc1OC. The number of aromatic carboxylic acids is 1. The maximum absolute atomic E-state index is 12.3. The zero-order valence-corrected chi connectivity index (χ0v) is 22.5. The molecule has 0 unspecified atom stereocenters. The largest absolute Gasteiger partial charge is 0.493 e. The smallest absolute Gasteiger partial charge is 0.337 e. The van der Waals surface area contributed by atoms with Gasteiger partial charge in [0.15, 0.2) is 11.5 Å². The summed E-state index contributed by atoms with van der Waals surface area (Å²) >= 11 is 3.53. The van der Waals surface area contributed by atoms with E-state index >= 15 is 0 Å². The van der Waals surface area contributed by atoms with Gasteiger partial charge in [0.05, 0.1) is 31.5 Å². The van der Waals surface area contributed by atoms with Gasteiger partial charge in [-0.25, -0.2) is 4.79 Å². The second-order valence-corrected chi connectivity index (χ2v) is 10.2. The lowest BCUT2D eigenvalue weighted by Gasteiger charge is -2.40. The molecule has 0 aromatic heterocycles. The van der Waals surface area contributed by atoms with Crippen LogP contribution in [0.1, 0.15) is 45.9 Å². The number of carboxylic acid groups (broad SMARTS) is 1. The Morgan fingerprint density at radius 2 is 1.49 bits per heavy atom. The van der Waals surface area contributed by atoms with Gasteiger partial charge in [-0.2, -0.15) is 0 Å². The summed E-state index contributed by atoms with van der Waals surface area (Å²) in [6, 6.07) is 28.3. The first kappa shape index (κ1) is 24.9. The van der Waals surface area contributed by atoms with Crippen molar-refractivity contribution in [1.29, 1.82) is 0 Å². The molecule has 0 saturated carbocycles. The van der Waals surface area contributed by atoms with Crippen LogP contribution in [0, 0.1) is 5.92 Å². The summed E-state index contributed by atoms with van der Waals surface area (Å²) in [5.74, 6) is 0.351. The van der Waals surface area contributed by atoms with Gasteiger partial charge >= 0.3 is 5.97 Å². The lowest BCUT2D eigenvalue weighted by molar-refractivity contribution is 0.0697. The number of fused-ring (bicyclic) bond motifs is 1. The molecule has 1 aliphatic heterocycles. The molecule has 37 heavy (non-hydrogen) atoms. The monoisotopic (exact) mass is 557 g/mol. The molecule has 1 aliphatic rings. The van der Waals surface area contributed by atoms with Gasteiger partial charge < -0.3 is 19.9 Å².